The van der Waals surface area contributed by atoms with Crippen LogP contribution in [0, 0.1) is 0 Å². The Morgan fingerprint density at radius 3 is 3.18 bits per heavy atom. The molecule has 1 N–H and O–H groups in total. The smallest absolute Gasteiger partial charge is 0.0934 e. The monoisotopic (exact) mass is 347 g/mol. The molecule has 2 aromatic rings. The fraction of sp³-hybridized carbons (Fsp3) is 0.333. The van der Waals surface area contributed by atoms with E-state index in [1.165, 1.54) is 26.2 Å². The minimum Gasteiger partial charge on any atom is -0.305 e. The van der Waals surface area contributed by atoms with E-state index >= 15 is 0 Å². The second kappa shape index (κ2) is 5.02. The first-order valence-electron chi connectivity index (χ1n) is 5.47. The lowest BCUT2D eigenvalue weighted by molar-refractivity contribution is 0.533. The van der Waals surface area contributed by atoms with Crippen LogP contribution in [0.3, 0.4) is 0 Å². The molecule has 0 saturated heterocycles. The van der Waals surface area contributed by atoms with Gasteiger partial charge in [0.1, 0.15) is 0 Å². The molecule has 3 rings (SSSR count). The summed E-state index contributed by atoms with van der Waals surface area (Å²) < 4.78 is 2.12. The van der Waals surface area contributed by atoms with Crippen LogP contribution in [-0.2, 0) is 13.0 Å². The van der Waals surface area contributed by atoms with Crippen LogP contribution in [0.2, 0.25) is 4.34 Å². The Hall–Kier alpha value is 0.130. The van der Waals surface area contributed by atoms with Crippen LogP contribution in [0.25, 0.3) is 0 Å². The van der Waals surface area contributed by atoms with Crippen LogP contribution in [0.5, 0.6) is 0 Å². The first-order chi connectivity index (χ1) is 8.24. The van der Waals surface area contributed by atoms with Gasteiger partial charge in [0.2, 0.25) is 0 Å². The van der Waals surface area contributed by atoms with Gasteiger partial charge < -0.3 is 5.32 Å². The van der Waals surface area contributed by atoms with Crippen LogP contribution >= 0.6 is 50.2 Å². The molecule has 1 aliphatic carbocycles. The van der Waals surface area contributed by atoms with Crippen LogP contribution < -0.4 is 5.32 Å². The lowest BCUT2D eigenvalue weighted by Crippen LogP contribution is -2.17. The molecule has 0 fully saturated rings. The Morgan fingerprint density at radius 2 is 2.41 bits per heavy atom. The van der Waals surface area contributed by atoms with Crippen LogP contribution in [0.15, 0.2) is 22.0 Å². The van der Waals surface area contributed by atoms with E-state index in [0.717, 1.165) is 17.3 Å². The predicted molar refractivity (Wildman–Crippen MR) is 79.2 cm³/mol. The van der Waals surface area contributed by atoms with Crippen molar-refractivity contribution in [1.29, 1.82) is 0 Å². The molecule has 1 atom stereocenters. The van der Waals surface area contributed by atoms with Gasteiger partial charge in [0.05, 0.1) is 4.34 Å². The van der Waals surface area contributed by atoms with Crippen LogP contribution in [0.4, 0.5) is 0 Å². The van der Waals surface area contributed by atoms with Crippen molar-refractivity contribution in [3.05, 3.63) is 41.6 Å². The summed E-state index contributed by atoms with van der Waals surface area (Å²) in [4.78, 5) is 2.82. The van der Waals surface area contributed by atoms with E-state index in [4.69, 9.17) is 11.6 Å². The molecule has 17 heavy (non-hydrogen) atoms. The standard InChI is InChI=1S/C12H11BrClNS2/c13-8-3-4-16-11(8)6-15-9-1-2-10-7(9)5-12(14)17-10/h3-5,9,15H,1-2,6H2. The van der Waals surface area contributed by atoms with Crippen LogP contribution in [-0.4, -0.2) is 0 Å². The summed E-state index contributed by atoms with van der Waals surface area (Å²) in [6.45, 7) is 0.926. The third-order valence-corrected chi connectivity index (χ3v) is 6.31. The van der Waals surface area contributed by atoms with E-state index in [1.54, 1.807) is 22.7 Å². The minimum absolute atomic E-state index is 0.475. The topological polar surface area (TPSA) is 12.0 Å². The Bertz CT molecular complexity index is 534. The summed E-state index contributed by atoms with van der Waals surface area (Å²) in [5, 5.41) is 5.74. The van der Waals surface area contributed by atoms with Gasteiger partial charge in [-0.2, -0.15) is 0 Å². The van der Waals surface area contributed by atoms with Gasteiger partial charge in [0, 0.05) is 26.8 Å². The van der Waals surface area contributed by atoms with E-state index in [1.807, 2.05) is 0 Å². The molecule has 0 spiro atoms. The quantitative estimate of drug-likeness (QED) is 0.823. The van der Waals surface area contributed by atoms with Crippen molar-refractivity contribution in [2.45, 2.75) is 25.4 Å². The maximum Gasteiger partial charge on any atom is 0.0934 e. The Kier molecular flexibility index (Phi) is 3.59. The molecule has 0 aromatic carbocycles. The largest absolute Gasteiger partial charge is 0.305 e. The number of thiophene rings is 2. The maximum absolute atomic E-state index is 6.05. The number of hydrogen-bond donors (Lipinski definition) is 1. The summed E-state index contributed by atoms with van der Waals surface area (Å²) in [6.07, 6.45) is 2.36. The number of nitrogens with one attached hydrogen (secondary N) is 1. The van der Waals surface area contributed by atoms with E-state index < -0.39 is 0 Å². The second-order valence-corrected chi connectivity index (χ2v) is 7.72. The molecule has 2 heterocycles. The highest BCUT2D eigenvalue weighted by atomic mass is 79.9. The zero-order valence-electron chi connectivity index (χ0n) is 9.00. The van der Waals surface area contributed by atoms with Crippen molar-refractivity contribution in [2.24, 2.45) is 0 Å². The molecular formula is C12H11BrClNS2. The molecule has 1 unspecified atom stereocenters. The summed E-state index contributed by atoms with van der Waals surface area (Å²) in [5.41, 5.74) is 1.41. The van der Waals surface area contributed by atoms with Crippen molar-refractivity contribution >= 4 is 50.2 Å². The fourth-order valence-electron chi connectivity index (χ4n) is 2.21. The average molecular weight is 349 g/mol. The van der Waals surface area contributed by atoms with Gasteiger partial charge in [-0.3, -0.25) is 0 Å². The molecular weight excluding hydrogens is 338 g/mol. The van der Waals surface area contributed by atoms with E-state index in [9.17, 15) is 0 Å². The molecule has 2 aromatic heterocycles. The highest BCUT2D eigenvalue weighted by molar-refractivity contribution is 9.10. The molecule has 0 bridgehead atoms. The molecule has 5 heteroatoms. The molecule has 1 aliphatic rings. The van der Waals surface area contributed by atoms with Crippen molar-refractivity contribution in [1.82, 2.24) is 5.32 Å². The van der Waals surface area contributed by atoms with Crippen LogP contribution in [0.1, 0.15) is 27.8 Å². The lowest BCUT2D eigenvalue weighted by atomic mass is 10.2. The third-order valence-electron chi connectivity index (χ3n) is 3.05. The van der Waals surface area contributed by atoms with Crippen molar-refractivity contribution < 1.29 is 0 Å². The average Bonchev–Trinajstić information content (AvgIpc) is 2.93. The highest BCUT2D eigenvalue weighted by Gasteiger charge is 2.24. The second-order valence-electron chi connectivity index (χ2n) is 4.09. The van der Waals surface area contributed by atoms with Gasteiger partial charge in [0.15, 0.2) is 0 Å². The van der Waals surface area contributed by atoms with E-state index in [0.29, 0.717) is 6.04 Å². The zero-order chi connectivity index (χ0) is 11.8. The third kappa shape index (κ3) is 2.47. The first kappa shape index (κ1) is 12.2. The lowest BCUT2D eigenvalue weighted by Gasteiger charge is -2.12. The van der Waals surface area contributed by atoms with Crippen molar-refractivity contribution in [2.75, 3.05) is 0 Å². The molecule has 0 aliphatic heterocycles. The number of rotatable bonds is 3. The molecule has 0 radical (unpaired) electrons. The highest BCUT2D eigenvalue weighted by Crippen LogP contribution is 2.39. The number of fused-ring (bicyclic) bond motifs is 1. The zero-order valence-corrected chi connectivity index (χ0v) is 13.0. The van der Waals surface area contributed by atoms with Gasteiger partial charge in [0.25, 0.3) is 0 Å². The van der Waals surface area contributed by atoms with Gasteiger partial charge in [-0.15, -0.1) is 22.7 Å². The molecule has 90 valence electrons. The minimum atomic E-state index is 0.475. The van der Waals surface area contributed by atoms with Gasteiger partial charge in [-0.05, 0) is 51.8 Å². The predicted octanol–water partition coefficient (Wildman–Crippen LogP) is 5.00. The summed E-state index contributed by atoms with van der Waals surface area (Å²) in [7, 11) is 0. The SMILES string of the molecule is Clc1cc2c(s1)CCC2NCc1sccc1Br. The molecule has 0 amide bonds. The summed E-state index contributed by atoms with van der Waals surface area (Å²) >= 11 is 13.1. The van der Waals surface area contributed by atoms with Crippen molar-refractivity contribution in [3.63, 3.8) is 0 Å². The van der Waals surface area contributed by atoms with Gasteiger partial charge in [-0.25, -0.2) is 0 Å². The maximum atomic E-state index is 6.05. The first-order valence-corrected chi connectivity index (χ1v) is 8.34. The Labute approximate surface area is 122 Å². The van der Waals surface area contributed by atoms with Gasteiger partial charge >= 0.3 is 0 Å². The van der Waals surface area contributed by atoms with Crippen molar-refractivity contribution in [3.8, 4) is 0 Å². The summed E-state index contributed by atoms with van der Waals surface area (Å²) in [6, 6.07) is 4.70. The van der Waals surface area contributed by atoms with Gasteiger partial charge in [-0.1, -0.05) is 11.6 Å². The van der Waals surface area contributed by atoms with E-state index in [-0.39, 0.29) is 0 Å². The normalized spacial score (nSPS) is 18.6. The number of hydrogen-bond acceptors (Lipinski definition) is 3. The fourth-order valence-corrected chi connectivity index (χ4v) is 5.01. The van der Waals surface area contributed by atoms with E-state index in [2.05, 4.69) is 38.8 Å². The Balaban J connectivity index is 1.69. The number of halogens is 2. The molecule has 1 nitrogen and oxygen atoms in total. The number of aryl methyl sites for hydroxylation is 1. The molecule has 0 saturated carbocycles. The summed E-state index contributed by atoms with van der Waals surface area (Å²) in [5.74, 6) is 0. The Morgan fingerprint density at radius 1 is 1.53 bits per heavy atom.